The fourth-order valence-corrected chi connectivity index (χ4v) is 8.40. The first kappa shape index (κ1) is 33.5. The molecule has 0 aliphatic heterocycles. The predicted octanol–water partition coefficient (Wildman–Crippen LogP) is 13.8. The molecule has 11 rings (SSSR count). The average Bonchev–Trinajstić information content (AvgIpc) is 3.89. The van der Waals surface area contributed by atoms with E-state index in [9.17, 15) is 0 Å². The van der Waals surface area contributed by atoms with Gasteiger partial charge >= 0.3 is 0 Å². The highest BCUT2D eigenvalue weighted by atomic mass is 15.1. The summed E-state index contributed by atoms with van der Waals surface area (Å²) in [4.78, 5) is 10.3. The molecule has 11 aromatic rings. The highest BCUT2D eigenvalue weighted by Crippen LogP contribution is 2.39. The van der Waals surface area contributed by atoms with Crippen LogP contribution in [0, 0.1) is 0 Å². The van der Waals surface area contributed by atoms with E-state index in [1.54, 1.807) is 0 Å². The van der Waals surface area contributed by atoms with Crippen LogP contribution in [-0.2, 0) is 0 Å². The molecule has 3 heterocycles. The molecule has 0 radical (unpaired) electrons. The molecular formula is C54H36N4. The fourth-order valence-electron chi connectivity index (χ4n) is 8.40. The van der Waals surface area contributed by atoms with Crippen LogP contribution >= 0.6 is 0 Å². The third-order valence-electron chi connectivity index (χ3n) is 11.1. The third-order valence-corrected chi connectivity index (χ3v) is 11.1. The van der Waals surface area contributed by atoms with Crippen molar-refractivity contribution in [1.82, 2.24) is 18.9 Å². The van der Waals surface area contributed by atoms with Crippen LogP contribution < -0.4 is 0 Å². The minimum absolute atomic E-state index is 0.919. The van der Waals surface area contributed by atoms with Crippen LogP contribution in [0.25, 0.3) is 100 Å². The number of para-hydroxylation sites is 2. The van der Waals surface area contributed by atoms with Crippen molar-refractivity contribution in [1.29, 1.82) is 0 Å². The van der Waals surface area contributed by atoms with Crippen LogP contribution in [0.3, 0.4) is 0 Å². The van der Waals surface area contributed by atoms with Gasteiger partial charge in [-0.2, -0.15) is 0 Å². The van der Waals surface area contributed by atoms with Crippen molar-refractivity contribution in [2.75, 3.05) is 0 Å². The lowest BCUT2D eigenvalue weighted by atomic mass is 9.90. The summed E-state index contributed by atoms with van der Waals surface area (Å²) in [6.45, 7) is 0. The van der Waals surface area contributed by atoms with Crippen molar-refractivity contribution >= 4 is 27.5 Å². The van der Waals surface area contributed by atoms with Gasteiger partial charge in [-0.3, -0.25) is 8.97 Å². The molecule has 58 heavy (non-hydrogen) atoms. The van der Waals surface area contributed by atoms with Gasteiger partial charge in [0.2, 0.25) is 0 Å². The summed E-state index contributed by atoms with van der Waals surface area (Å²) in [6.07, 6.45) is 2.10. The smallest absolute Gasteiger partial charge is 0.145 e. The van der Waals surface area contributed by atoms with Crippen molar-refractivity contribution in [3.8, 4) is 73.0 Å². The number of benzene rings is 8. The molecule has 0 aliphatic carbocycles. The van der Waals surface area contributed by atoms with E-state index in [0.717, 1.165) is 84.1 Å². The van der Waals surface area contributed by atoms with Crippen molar-refractivity contribution < 1.29 is 0 Å². The summed E-state index contributed by atoms with van der Waals surface area (Å²) >= 11 is 0. The van der Waals surface area contributed by atoms with Crippen LogP contribution in [0.2, 0.25) is 0 Å². The van der Waals surface area contributed by atoms with E-state index in [0.29, 0.717) is 0 Å². The largest absolute Gasteiger partial charge is 0.299 e. The molecule has 0 fully saturated rings. The summed E-state index contributed by atoms with van der Waals surface area (Å²) in [6, 6.07) is 75.5. The molecule has 3 aromatic heterocycles. The average molecular weight is 741 g/mol. The van der Waals surface area contributed by atoms with Gasteiger partial charge in [-0.25, -0.2) is 9.97 Å². The van der Waals surface area contributed by atoms with Gasteiger partial charge in [0, 0.05) is 28.6 Å². The third kappa shape index (κ3) is 5.87. The molecule has 0 aliphatic rings. The highest BCUT2D eigenvalue weighted by molar-refractivity contribution is 5.98. The molecule has 0 amide bonds. The number of hydrogen-bond donors (Lipinski definition) is 0. The Labute approximate surface area is 336 Å². The van der Waals surface area contributed by atoms with Crippen LogP contribution in [0.4, 0.5) is 0 Å². The van der Waals surface area contributed by atoms with Crippen LogP contribution in [-0.4, -0.2) is 18.9 Å². The second-order valence-electron chi connectivity index (χ2n) is 14.7. The van der Waals surface area contributed by atoms with E-state index in [-0.39, 0.29) is 0 Å². The van der Waals surface area contributed by atoms with Gasteiger partial charge in [0.1, 0.15) is 11.5 Å². The second kappa shape index (κ2) is 14.0. The minimum Gasteiger partial charge on any atom is -0.299 e. The topological polar surface area (TPSA) is 35.1 Å². The minimum atomic E-state index is 0.919. The zero-order valence-electron chi connectivity index (χ0n) is 31.6. The molecule has 0 N–H and O–H groups in total. The standard InChI is InChI=1S/C54H36N4/c1-3-17-38(18-4-1)53-52(56-51-30-11-12-31-57(51)53)42-24-13-22-40(32-42)43-33-44(35-45(34-43)48-27-15-21-37-16-7-8-26-47(37)48)41-23-14-25-46(36-41)58-50-29-10-9-28-49(50)55-54(58)39-19-5-2-6-20-39/h1-36H. The molecule has 0 unspecified atom stereocenters. The van der Waals surface area contributed by atoms with Crippen LogP contribution in [0.5, 0.6) is 0 Å². The summed E-state index contributed by atoms with van der Waals surface area (Å²) in [5, 5.41) is 2.45. The van der Waals surface area contributed by atoms with Gasteiger partial charge in [0.25, 0.3) is 0 Å². The number of hydrogen-bond acceptors (Lipinski definition) is 2. The molecule has 0 bridgehead atoms. The van der Waals surface area contributed by atoms with Gasteiger partial charge in [-0.15, -0.1) is 0 Å². The van der Waals surface area contributed by atoms with Gasteiger partial charge in [-0.05, 0) is 105 Å². The van der Waals surface area contributed by atoms with E-state index >= 15 is 0 Å². The summed E-state index contributed by atoms with van der Waals surface area (Å²) in [5.41, 5.74) is 16.2. The Kier molecular flexibility index (Phi) is 8.11. The monoisotopic (exact) mass is 740 g/mol. The van der Waals surface area contributed by atoms with Crippen molar-refractivity contribution in [2.45, 2.75) is 0 Å². The van der Waals surface area contributed by atoms with E-state index in [1.807, 2.05) is 12.1 Å². The number of aromatic nitrogens is 4. The van der Waals surface area contributed by atoms with Crippen molar-refractivity contribution in [3.05, 3.63) is 219 Å². The number of pyridine rings is 1. The van der Waals surface area contributed by atoms with Gasteiger partial charge < -0.3 is 0 Å². The van der Waals surface area contributed by atoms with E-state index in [2.05, 4.69) is 215 Å². The predicted molar refractivity (Wildman–Crippen MR) is 240 cm³/mol. The summed E-state index contributed by atoms with van der Waals surface area (Å²) < 4.78 is 4.47. The second-order valence-corrected chi connectivity index (χ2v) is 14.7. The lowest BCUT2D eigenvalue weighted by Gasteiger charge is -2.15. The lowest BCUT2D eigenvalue weighted by molar-refractivity contribution is 1.10. The Morgan fingerprint density at radius 3 is 1.83 bits per heavy atom. The van der Waals surface area contributed by atoms with E-state index < -0.39 is 0 Å². The maximum atomic E-state index is 5.20. The maximum absolute atomic E-state index is 5.20. The molecule has 4 nitrogen and oxygen atoms in total. The molecule has 4 heteroatoms. The Bertz CT molecular complexity index is 3280. The highest BCUT2D eigenvalue weighted by Gasteiger charge is 2.18. The van der Waals surface area contributed by atoms with E-state index in [4.69, 9.17) is 9.97 Å². The number of fused-ring (bicyclic) bond motifs is 3. The van der Waals surface area contributed by atoms with Crippen molar-refractivity contribution in [2.24, 2.45) is 0 Å². The summed E-state index contributed by atoms with van der Waals surface area (Å²) in [5.74, 6) is 0.919. The first-order valence-corrected chi connectivity index (χ1v) is 19.7. The number of imidazole rings is 2. The van der Waals surface area contributed by atoms with Gasteiger partial charge in [0.05, 0.1) is 22.4 Å². The molecule has 272 valence electrons. The Hall–Kier alpha value is -7.82. The number of nitrogens with zero attached hydrogens (tertiary/aromatic N) is 4. The van der Waals surface area contributed by atoms with E-state index in [1.165, 1.54) is 16.3 Å². The Balaban J connectivity index is 1.10. The zero-order valence-corrected chi connectivity index (χ0v) is 31.6. The molecular weight excluding hydrogens is 705 g/mol. The molecule has 8 aromatic carbocycles. The Morgan fingerprint density at radius 2 is 0.983 bits per heavy atom. The normalized spacial score (nSPS) is 11.4. The lowest BCUT2D eigenvalue weighted by Crippen LogP contribution is -1.98. The van der Waals surface area contributed by atoms with Gasteiger partial charge in [0.15, 0.2) is 0 Å². The molecule has 0 atom stereocenters. The molecule has 0 saturated heterocycles. The van der Waals surface area contributed by atoms with Crippen LogP contribution in [0.1, 0.15) is 0 Å². The number of rotatable bonds is 7. The Morgan fingerprint density at radius 1 is 0.379 bits per heavy atom. The maximum Gasteiger partial charge on any atom is 0.145 e. The quantitative estimate of drug-likeness (QED) is 0.163. The summed E-state index contributed by atoms with van der Waals surface area (Å²) in [7, 11) is 0. The first-order chi connectivity index (χ1) is 28.7. The molecule has 0 spiro atoms. The SMILES string of the molecule is c1ccc(-c2nc3ccccc3n2-c2cccc(-c3cc(-c4cccc(-c5nc6ccccn6c5-c5ccccc5)c4)cc(-c4cccc5ccccc45)c3)c2)cc1. The van der Waals surface area contributed by atoms with Gasteiger partial charge in [-0.1, -0.05) is 152 Å². The first-order valence-electron chi connectivity index (χ1n) is 19.7. The van der Waals surface area contributed by atoms with Crippen LogP contribution in [0.15, 0.2) is 219 Å². The zero-order chi connectivity index (χ0) is 38.4. The molecule has 0 saturated carbocycles. The fraction of sp³-hybridized carbons (Fsp3) is 0. The van der Waals surface area contributed by atoms with Crippen molar-refractivity contribution in [3.63, 3.8) is 0 Å².